The van der Waals surface area contributed by atoms with E-state index >= 15 is 0 Å². The highest BCUT2D eigenvalue weighted by molar-refractivity contribution is 5.01. The monoisotopic (exact) mass is 249 g/mol. The predicted octanol–water partition coefficient (Wildman–Crippen LogP) is 5.85. The zero-order chi connectivity index (χ0) is 13.3. The second-order valence-electron chi connectivity index (χ2n) is 6.45. The smallest absolute Gasteiger partial charge is 0.0689 e. The van der Waals surface area contributed by atoms with E-state index in [1.807, 2.05) is 0 Å². The summed E-state index contributed by atoms with van der Waals surface area (Å²) in [7, 11) is 0. The number of rotatable bonds is 8. The van der Waals surface area contributed by atoms with E-state index in [0.717, 1.165) is 25.2 Å². The standard InChI is InChI=1S/C17H31N/c1-3-4-5-6-7-8-9-12-17(15-18)13-10-16(2)11-14-17/h16H,3-14H2,1-2H3. The number of nitriles is 1. The van der Waals surface area contributed by atoms with Gasteiger partial charge in [-0.15, -0.1) is 0 Å². The van der Waals surface area contributed by atoms with Gasteiger partial charge in [0.15, 0.2) is 0 Å². The molecule has 0 aromatic heterocycles. The van der Waals surface area contributed by atoms with Crippen molar-refractivity contribution in [2.24, 2.45) is 11.3 Å². The molecular weight excluding hydrogens is 218 g/mol. The van der Waals surface area contributed by atoms with Crippen molar-refractivity contribution in [3.63, 3.8) is 0 Å². The van der Waals surface area contributed by atoms with Crippen molar-refractivity contribution in [2.75, 3.05) is 0 Å². The Morgan fingerprint density at radius 2 is 1.56 bits per heavy atom. The second kappa shape index (κ2) is 8.57. The fourth-order valence-corrected chi connectivity index (χ4v) is 3.15. The number of hydrogen-bond donors (Lipinski definition) is 0. The molecular formula is C17H31N. The molecule has 0 amide bonds. The predicted molar refractivity (Wildman–Crippen MR) is 78.3 cm³/mol. The molecule has 104 valence electrons. The SMILES string of the molecule is CCCCCCCCCC1(C#N)CCC(C)CC1. The third-order valence-electron chi connectivity index (χ3n) is 4.73. The van der Waals surface area contributed by atoms with Gasteiger partial charge in [0.05, 0.1) is 11.5 Å². The van der Waals surface area contributed by atoms with Crippen molar-refractivity contribution in [2.45, 2.75) is 90.9 Å². The fourth-order valence-electron chi connectivity index (χ4n) is 3.15. The van der Waals surface area contributed by atoms with Gasteiger partial charge in [-0.1, -0.05) is 58.8 Å². The van der Waals surface area contributed by atoms with Gasteiger partial charge >= 0.3 is 0 Å². The first kappa shape index (κ1) is 15.5. The van der Waals surface area contributed by atoms with Crippen molar-refractivity contribution in [3.05, 3.63) is 0 Å². The Balaban J connectivity index is 2.11. The van der Waals surface area contributed by atoms with Crippen LogP contribution < -0.4 is 0 Å². The van der Waals surface area contributed by atoms with Gasteiger partial charge in [0.25, 0.3) is 0 Å². The normalized spacial score (nSPS) is 27.9. The van der Waals surface area contributed by atoms with Crippen molar-refractivity contribution >= 4 is 0 Å². The van der Waals surface area contributed by atoms with E-state index in [-0.39, 0.29) is 5.41 Å². The third kappa shape index (κ3) is 5.42. The maximum Gasteiger partial charge on any atom is 0.0689 e. The molecule has 0 saturated heterocycles. The van der Waals surface area contributed by atoms with Crippen LogP contribution in [0.2, 0.25) is 0 Å². The highest BCUT2D eigenvalue weighted by atomic mass is 14.4. The molecule has 0 N–H and O–H groups in total. The maximum atomic E-state index is 9.45. The fraction of sp³-hybridized carbons (Fsp3) is 0.941. The van der Waals surface area contributed by atoms with E-state index in [1.165, 1.54) is 57.8 Å². The lowest BCUT2D eigenvalue weighted by Crippen LogP contribution is -2.25. The summed E-state index contributed by atoms with van der Waals surface area (Å²) in [6.45, 7) is 4.59. The minimum absolute atomic E-state index is 0.0515. The Labute approximate surface area is 114 Å². The molecule has 0 radical (unpaired) electrons. The second-order valence-corrected chi connectivity index (χ2v) is 6.45. The molecule has 0 aromatic carbocycles. The summed E-state index contributed by atoms with van der Waals surface area (Å²) in [4.78, 5) is 0. The van der Waals surface area contributed by atoms with Gasteiger partial charge in [-0.25, -0.2) is 0 Å². The topological polar surface area (TPSA) is 23.8 Å². The van der Waals surface area contributed by atoms with Gasteiger partial charge < -0.3 is 0 Å². The van der Waals surface area contributed by atoms with Crippen molar-refractivity contribution in [1.82, 2.24) is 0 Å². The molecule has 1 fully saturated rings. The maximum absolute atomic E-state index is 9.45. The van der Waals surface area contributed by atoms with Crippen LogP contribution >= 0.6 is 0 Å². The Hall–Kier alpha value is -0.510. The van der Waals surface area contributed by atoms with E-state index < -0.39 is 0 Å². The van der Waals surface area contributed by atoms with Crippen molar-refractivity contribution < 1.29 is 0 Å². The zero-order valence-electron chi connectivity index (χ0n) is 12.5. The molecule has 1 aliphatic carbocycles. The van der Waals surface area contributed by atoms with Crippen molar-refractivity contribution in [3.8, 4) is 6.07 Å². The zero-order valence-corrected chi connectivity index (χ0v) is 12.5. The summed E-state index contributed by atoms with van der Waals surface area (Å²) >= 11 is 0. The molecule has 0 heterocycles. The minimum atomic E-state index is 0.0515. The van der Waals surface area contributed by atoms with Crippen LogP contribution in [0.4, 0.5) is 0 Å². The highest BCUT2D eigenvalue weighted by Crippen LogP contribution is 2.42. The Morgan fingerprint density at radius 3 is 2.11 bits per heavy atom. The summed E-state index contributed by atoms with van der Waals surface area (Å²) < 4.78 is 0. The molecule has 1 heteroatoms. The number of unbranched alkanes of at least 4 members (excludes halogenated alkanes) is 6. The lowest BCUT2D eigenvalue weighted by atomic mass is 9.69. The largest absolute Gasteiger partial charge is 0.198 e. The van der Waals surface area contributed by atoms with Crippen LogP contribution in [0.25, 0.3) is 0 Å². The summed E-state index contributed by atoms with van der Waals surface area (Å²) in [5.74, 6) is 0.848. The van der Waals surface area contributed by atoms with E-state index in [2.05, 4.69) is 19.9 Å². The highest BCUT2D eigenvalue weighted by Gasteiger charge is 2.33. The molecule has 0 atom stereocenters. The van der Waals surface area contributed by atoms with Crippen LogP contribution in [0.1, 0.15) is 90.9 Å². The minimum Gasteiger partial charge on any atom is -0.198 e. The van der Waals surface area contributed by atoms with Gasteiger partial charge in [0.1, 0.15) is 0 Å². The van der Waals surface area contributed by atoms with Crippen LogP contribution in [0, 0.1) is 22.7 Å². The molecule has 0 spiro atoms. The van der Waals surface area contributed by atoms with Crippen molar-refractivity contribution in [1.29, 1.82) is 5.26 Å². The first-order chi connectivity index (χ1) is 8.72. The summed E-state index contributed by atoms with van der Waals surface area (Å²) in [6, 6.07) is 2.65. The Bertz CT molecular complexity index is 243. The quantitative estimate of drug-likeness (QED) is 0.495. The molecule has 0 bridgehead atoms. The van der Waals surface area contributed by atoms with Gasteiger partial charge in [0, 0.05) is 0 Å². The van der Waals surface area contributed by atoms with Gasteiger partial charge in [-0.2, -0.15) is 5.26 Å². The van der Waals surface area contributed by atoms with E-state index in [0.29, 0.717) is 0 Å². The average molecular weight is 249 g/mol. The third-order valence-corrected chi connectivity index (χ3v) is 4.73. The van der Waals surface area contributed by atoms with Gasteiger partial charge in [-0.3, -0.25) is 0 Å². The van der Waals surface area contributed by atoms with E-state index in [4.69, 9.17) is 0 Å². The Kier molecular flexibility index (Phi) is 7.40. The van der Waals surface area contributed by atoms with E-state index in [1.54, 1.807) is 0 Å². The Morgan fingerprint density at radius 1 is 1.00 bits per heavy atom. The number of nitrogens with zero attached hydrogens (tertiary/aromatic N) is 1. The molecule has 0 unspecified atom stereocenters. The lowest BCUT2D eigenvalue weighted by molar-refractivity contribution is 0.201. The van der Waals surface area contributed by atoms with Gasteiger partial charge in [0.2, 0.25) is 0 Å². The van der Waals surface area contributed by atoms with Crippen LogP contribution in [0.15, 0.2) is 0 Å². The van der Waals surface area contributed by atoms with Crippen LogP contribution in [0.3, 0.4) is 0 Å². The van der Waals surface area contributed by atoms with Crippen LogP contribution in [-0.2, 0) is 0 Å². The molecule has 18 heavy (non-hydrogen) atoms. The molecule has 1 rings (SSSR count). The molecule has 1 nitrogen and oxygen atoms in total. The molecule has 1 aliphatic rings. The van der Waals surface area contributed by atoms with Crippen LogP contribution in [-0.4, -0.2) is 0 Å². The summed E-state index contributed by atoms with van der Waals surface area (Å²) in [6.07, 6.45) is 15.5. The first-order valence-corrected chi connectivity index (χ1v) is 8.14. The lowest BCUT2D eigenvalue weighted by Gasteiger charge is -2.33. The van der Waals surface area contributed by atoms with Crippen LogP contribution in [0.5, 0.6) is 0 Å². The molecule has 0 aromatic rings. The first-order valence-electron chi connectivity index (χ1n) is 8.14. The summed E-state index contributed by atoms with van der Waals surface area (Å²) in [5.41, 5.74) is 0.0515. The molecule has 0 aliphatic heterocycles. The average Bonchev–Trinajstić information content (AvgIpc) is 2.40. The number of hydrogen-bond acceptors (Lipinski definition) is 1. The molecule has 1 saturated carbocycles. The van der Waals surface area contributed by atoms with Gasteiger partial charge in [-0.05, 0) is 38.0 Å². The summed E-state index contributed by atoms with van der Waals surface area (Å²) in [5, 5.41) is 9.45. The van der Waals surface area contributed by atoms with E-state index in [9.17, 15) is 5.26 Å².